The van der Waals surface area contributed by atoms with Gasteiger partial charge in [0.05, 0.1) is 10.7 Å². The fourth-order valence-corrected chi connectivity index (χ4v) is 3.38. The summed E-state index contributed by atoms with van der Waals surface area (Å²) >= 11 is 7.61. The monoisotopic (exact) mass is 383 g/mol. The van der Waals surface area contributed by atoms with Crippen molar-refractivity contribution in [1.29, 1.82) is 0 Å². The SMILES string of the molecule is Cc1c(Cl)cccc1NC(=O)CCSc1cc(-c2ccccc2)ncn1. The van der Waals surface area contributed by atoms with Crippen molar-refractivity contribution in [1.82, 2.24) is 9.97 Å². The van der Waals surface area contributed by atoms with Crippen molar-refractivity contribution in [3.05, 3.63) is 71.5 Å². The topological polar surface area (TPSA) is 54.9 Å². The van der Waals surface area contributed by atoms with Crippen LogP contribution in [-0.4, -0.2) is 21.6 Å². The third kappa shape index (κ3) is 4.84. The Hall–Kier alpha value is -2.37. The second-order valence-corrected chi connectivity index (χ2v) is 7.19. The Morgan fingerprint density at radius 1 is 1.12 bits per heavy atom. The van der Waals surface area contributed by atoms with Gasteiger partial charge in [-0.25, -0.2) is 9.97 Å². The predicted octanol–water partition coefficient (Wildman–Crippen LogP) is 5.23. The van der Waals surface area contributed by atoms with E-state index in [0.717, 1.165) is 27.5 Å². The van der Waals surface area contributed by atoms with Gasteiger partial charge < -0.3 is 5.32 Å². The Morgan fingerprint density at radius 3 is 2.73 bits per heavy atom. The van der Waals surface area contributed by atoms with Gasteiger partial charge in [-0.15, -0.1) is 11.8 Å². The molecule has 0 aliphatic carbocycles. The highest BCUT2D eigenvalue weighted by atomic mass is 35.5. The van der Waals surface area contributed by atoms with Crippen LogP contribution in [0.2, 0.25) is 5.02 Å². The first-order chi connectivity index (χ1) is 12.6. The maximum absolute atomic E-state index is 12.2. The van der Waals surface area contributed by atoms with Gasteiger partial charge in [-0.1, -0.05) is 48.0 Å². The molecule has 0 radical (unpaired) electrons. The molecule has 2 aromatic carbocycles. The van der Waals surface area contributed by atoms with Gasteiger partial charge in [0.25, 0.3) is 0 Å². The number of anilines is 1. The number of carbonyl (C=O) groups is 1. The summed E-state index contributed by atoms with van der Waals surface area (Å²) in [6, 6.07) is 17.4. The van der Waals surface area contributed by atoms with Gasteiger partial charge >= 0.3 is 0 Å². The molecule has 1 aromatic heterocycles. The molecule has 0 bridgehead atoms. The molecule has 26 heavy (non-hydrogen) atoms. The van der Waals surface area contributed by atoms with Crippen molar-refractivity contribution in [2.45, 2.75) is 18.4 Å². The summed E-state index contributed by atoms with van der Waals surface area (Å²) < 4.78 is 0. The van der Waals surface area contributed by atoms with Crippen molar-refractivity contribution in [2.75, 3.05) is 11.1 Å². The van der Waals surface area contributed by atoms with E-state index >= 15 is 0 Å². The summed E-state index contributed by atoms with van der Waals surface area (Å²) in [4.78, 5) is 20.7. The highest BCUT2D eigenvalue weighted by Gasteiger charge is 2.08. The lowest BCUT2D eigenvalue weighted by atomic mass is 10.1. The fourth-order valence-electron chi connectivity index (χ4n) is 2.39. The molecule has 0 aliphatic rings. The Bertz CT molecular complexity index is 903. The first kappa shape index (κ1) is 18.4. The van der Waals surface area contributed by atoms with Crippen LogP contribution in [0.25, 0.3) is 11.3 Å². The number of amides is 1. The molecule has 132 valence electrons. The van der Waals surface area contributed by atoms with Crippen LogP contribution >= 0.6 is 23.4 Å². The van der Waals surface area contributed by atoms with Crippen molar-refractivity contribution >= 4 is 35.0 Å². The second kappa shape index (κ2) is 8.83. The molecule has 1 amide bonds. The van der Waals surface area contributed by atoms with E-state index in [2.05, 4.69) is 15.3 Å². The van der Waals surface area contributed by atoms with Gasteiger partial charge in [-0.3, -0.25) is 4.79 Å². The predicted molar refractivity (Wildman–Crippen MR) is 108 cm³/mol. The smallest absolute Gasteiger partial charge is 0.225 e. The first-order valence-electron chi connectivity index (χ1n) is 8.19. The number of benzene rings is 2. The molecular formula is C20H18ClN3OS. The minimum absolute atomic E-state index is 0.0415. The zero-order valence-corrected chi connectivity index (χ0v) is 15.8. The van der Waals surface area contributed by atoms with Crippen LogP contribution in [0.15, 0.2) is 66.0 Å². The third-order valence-corrected chi connectivity index (χ3v) is 5.17. The number of thioether (sulfide) groups is 1. The van der Waals surface area contributed by atoms with Crippen molar-refractivity contribution in [3.8, 4) is 11.3 Å². The van der Waals surface area contributed by atoms with E-state index in [1.165, 1.54) is 11.8 Å². The lowest BCUT2D eigenvalue weighted by Crippen LogP contribution is -2.13. The number of nitrogens with one attached hydrogen (secondary N) is 1. The number of carbonyl (C=O) groups excluding carboxylic acids is 1. The van der Waals surface area contributed by atoms with Crippen molar-refractivity contribution < 1.29 is 4.79 Å². The lowest BCUT2D eigenvalue weighted by molar-refractivity contribution is -0.115. The minimum atomic E-state index is -0.0415. The van der Waals surface area contributed by atoms with Crippen LogP contribution in [0.5, 0.6) is 0 Å². The number of nitrogens with zero attached hydrogens (tertiary/aromatic N) is 2. The molecule has 1 heterocycles. The van der Waals surface area contributed by atoms with Crippen LogP contribution in [0.4, 0.5) is 5.69 Å². The van der Waals surface area contributed by atoms with E-state index in [-0.39, 0.29) is 5.91 Å². The highest BCUT2D eigenvalue weighted by molar-refractivity contribution is 7.99. The molecule has 0 saturated carbocycles. The molecule has 6 heteroatoms. The molecule has 1 N–H and O–H groups in total. The fraction of sp³-hybridized carbons (Fsp3) is 0.150. The first-order valence-corrected chi connectivity index (χ1v) is 9.55. The third-order valence-electron chi connectivity index (χ3n) is 3.83. The van der Waals surface area contributed by atoms with Gasteiger partial charge in [-0.2, -0.15) is 0 Å². The Kier molecular flexibility index (Phi) is 6.26. The number of hydrogen-bond acceptors (Lipinski definition) is 4. The number of aromatic nitrogens is 2. The van der Waals surface area contributed by atoms with Gasteiger partial charge in [-0.05, 0) is 30.7 Å². The lowest BCUT2D eigenvalue weighted by Gasteiger charge is -2.09. The summed E-state index contributed by atoms with van der Waals surface area (Å²) in [5, 5.41) is 4.40. The molecular weight excluding hydrogens is 366 g/mol. The van der Waals surface area contributed by atoms with E-state index in [4.69, 9.17) is 11.6 Å². The Labute approximate surface area is 162 Å². The van der Waals surface area contributed by atoms with Crippen LogP contribution in [-0.2, 0) is 4.79 Å². The average molecular weight is 384 g/mol. The number of halogens is 1. The Balaban J connectivity index is 1.55. The van der Waals surface area contributed by atoms with Gasteiger partial charge in [0.2, 0.25) is 5.91 Å². The molecule has 0 unspecified atom stereocenters. The zero-order valence-electron chi connectivity index (χ0n) is 14.3. The van der Waals surface area contributed by atoms with E-state index in [1.54, 1.807) is 6.33 Å². The van der Waals surface area contributed by atoms with E-state index < -0.39 is 0 Å². The van der Waals surface area contributed by atoms with Crippen LogP contribution in [0, 0.1) is 6.92 Å². The summed E-state index contributed by atoms with van der Waals surface area (Å²) in [5.74, 6) is 0.594. The van der Waals surface area contributed by atoms with Gasteiger partial charge in [0.1, 0.15) is 6.33 Å². The molecule has 0 spiro atoms. The summed E-state index contributed by atoms with van der Waals surface area (Å²) in [5.41, 5.74) is 3.55. The summed E-state index contributed by atoms with van der Waals surface area (Å²) in [7, 11) is 0. The molecule has 3 aromatic rings. The average Bonchev–Trinajstić information content (AvgIpc) is 2.66. The molecule has 0 aliphatic heterocycles. The van der Waals surface area contributed by atoms with Crippen molar-refractivity contribution in [2.24, 2.45) is 0 Å². The van der Waals surface area contributed by atoms with Crippen LogP contribution in [0.1, 0.15) is 12.0 Å². The van der Waals surface area contributed by atoms with E-state index in [9.17, 15) is 4.79 Å². The van der Waals surface area contributed by atoms with Gasteiger partial charge in [0, 0.05) is 28.4 Å². The summed E-state index contributed by atoms with van der Waals surface area (Å²) in [6.07, 6.45) is 1.95. The maximum atomic E-state index is 12.2. The molecule has 0 saturated heterocycles. The quantitative estimate of drug-likeness (QED) is 0.468. The van der Waals surface area contributed by atoms with Crippen LogP contribution in [0.3, 0.4) is 0 Å². The maximum Gasteiger partial charge on any atom is 0.225 e. The zero-order chi connectivity index (χ0) is 18.4. The number of hydrogen-bond donors (Lipinski definition) is 1. The van der Waals surface area contributed by atoms with Gasteiger partial charge in [0.15, 0.2) is 0 Å². The van der Waals surface area contributed by atoms with Crippen LogP contribution < -0.4 is 5.32 Å². The Morgan fingerprint density at radius 2 is 1.92 bits per heavy atom. The standard InChI is InChI=1S/C20H18ClN3OS/c1-14-16(21)8-5-9-17(14)24-19(25)10-11-26-20-12-18(22-13-23-20)15-6-3-2-4-7-15/h2-9,12-13H,10-11H2,1H3,(H,24,25). The largest absolute Gasteiger partial charge is 0.326 e. The molecule has 0 atom stereocenters. The van der Waals surface area contributed by atoms with Crippen molar-refractivity contribution in [3.63, 3.8) is 0 Å². The second-order valence-electron chi connectivity index (χ2n) is 5.67. The number of rotatable bonds is 6. The molecule has 4 nitrogen and oxygen atoms in total. The molecule has 0 fully saturated rings. The normalized spacial score (nSPS) is 10.5. The molecule has 3 rings (SSSR count). The minimum Gasteiger partial charge on any atom is -0.326 e. The van der Waals surface area contributed by atoms with E-state index in [0.29, 0.717) is 17.2 Å². The summed E-state index contributed by atoms with van der Waals surface area (Å²) in [6.45, 7) is 1.89. The van der Waals surface area contributed by atoms with E-state index in [1.807, 2.05) is 61.5 Å². The highest BCUT2D eigenvalue weighted by Crippen LogP contribution is 2.24.